The molecule has 0 aliphatic rings. The number of benzene rings is 1. The van der Waals surface area contributed by atoms with E-state index < -0.39 is 0 Å². The lowest BCUT2D eigenvalue weighted by Gasteiger charge is -2.01. The van der Waals surface area contributed by atoms with Crippen molar-refractivity contribution in [3.8, 4) is 0 Å². The average Bonchev–Trinajstić information content (AvgIpc) is 2.47. The molecule has 21 heavy (non-hydrogen) atoms. The molecule has 4 heteroatoms. The summed E-state index contributed by atoms with van der Waals surface area (Å²) in [6.45, 7) is 4.09. The van der Waals surface area contributed by atoms with Gasteiger partial charge in [-0.05, 0) is 12.0 Å². The van der Waals surface area contributed by atoms with Crippen molar-refractivity contribution in [2.24, 2.45) is 5.73 Å². The van der Waals surface area contributed by atoms with Crippen LogP contribution in [-0.4, -0.2) is 19.0 Å². The van der Waals surface area contributed by atoms with Gasteiger partial charge in [0.1, 0.15) is 0 Å². The van der Waals surface area contributed by atoms with Gasteiger partial charge in [-0.1, -0.05) is 69.4 Å². The van der Waals surface area contributed by atoms with E-state index in [0.29, 0.717) is 5.96 Å². The van der Waals surface area contributed by atoms with E-state index in [-0.39, 0.29) is 12.4 Å². The van der Waals surface area contributed by atoms with Crippen LogP contribution >= 0.6 is 0 Å². The summed E-state index contributed by atoms with van der Waals surface area (Å²) in [5.74, 6) is 0.703. The molecule has 0 spiro atoms. The molecule has 0 aliphatic heterocycles. The van der Waals surface area contributed by atoms with Gasteiger partial charge in [-0.2, -0.15) is 0 Å². The summed E-state index contributed by atoms with van der Waals surface area (Å²) in [5, 5.41) is 3.23. The minimum absolute atomic E-state index is 0. The number of hydrogen-bond acceptors (Lipinski definition) is 0. The molecular weight excluding hydrogens is 282 g/mol. The Morgan fingerprint density at radius 3 is 2.43 bits per heavy atom. The first kappa shape index (κ1) is 19.8. The Balaban J connectivity index is 0.00000400. The third-order valence-corrected chi connectivity index (χ3v) is 3.42. The van der Waals surface area contributed by atoms with Crippen LogP contribution in [0.5, 0.6) is 0 Å². The highest BCUT2D eigenvalue weighted by molar-refractivity contribution is 5.71. The molecule has 0 atom stereocenters. The predicted octanol–water partition coefficient (Wildman–Crippen LogP) is -1.42. The van der Waals surface area contributed by atoms with Crippen LogP contribution in [0.2, 0.25) is 0 Å². The van der Waals surface area contributed by atoms with E-state index in [1.165, 1.54) is 44.1 Å². The van der Waals surface area contributed by atoms with Crippen molar-refractivity contribution < 1.29 is 17.4 Å². The Morgan fingerprint density at radius 2 is 1.71 bits per heavy atom. The number of halogens is 1. The normalized spacial score (nSPS) is 11.0. The van der Waals surface area contributed by atoms with Crippen molar-refractivity contribution >= 4 is 5.96 Å². The van der Waals surface area contributed by atoms with Gasteiger partial charge in [0.2, 0.25) is 0 Å². The second-order valence-corrected chi connectivity index (χ2v) is 5.27. The molecule has 0 amide bonds. The number of nitrogens with one attached hydrogen (secondary N) is 2. The van der Waals surface area contributed by atoms with Crippen LogP contribution in [0.4, 0.5) is 0 Å². The van der Waals surface area contributed by atoms with Crippen molar-refractivity contribution in [3.05, 3.63) is 35.9 Å². The standard InChI is InChI=1S/C17H29N3.ClH/c1-2-3-4-5-6-10-14-19-17(18)20-15-13-16-11-8-7-9-12-16;/h7-9,11-12H,2-6,10,13-15H2,1H3,(H3,18,19,20);1H. The van der Waals surface area contributed by atoms with Crippen LogP contribution in [0.25, 0.3) is 0 Å². The zero-order valence-electron chi connectivity index (χ0n) is 13.2. The van der Waals surface area contributed by atoms with Gasteiger partial charge in [-0.3, -0.25) is 16.0 Å². The van der Waals surface area contributed by atoms with Crippen molar-refractivity contribution in [1.82, 2.24) is 5.32 Å². The van der Waals surface area contributed by atoms with Gasteiger partial charge in [0.25, 0.3) is 0 Å². The van der Waals surface area contributed by atoms with Crippen LogP contribution in [0.3, 0.4) is 0 Å². The summed E-state index contributed by atoms with van der Waals surface area (Å²) in [5.41, 5.74) is 7.23. The summed E-state index contributed by atoms with van der Waals surface area (Å²) >= 11 is 0. The third-order valence-electron chi connectivity index (χ3n) is 3.42. The van der Waals surface area contributed by atoms with Crippen molar-refractivity contribution in [2.75, 3.05) is 13.1 Å². The summed E-state index contributed by atoms with van der Waals surface area (Å²) in [4.78, 5) is 3.24. The minimum atomic E-state index is 0. The molecule has 0 bridgehead atoms. The maximum absolute atomic E-state index is 5.89. The van der Waals surface area contributed by atoms with Crippen LogP contribution in [0.15, 0.2) is 30.3 Å². The number of nitrogens with two attached hydrogens (primary N) is 1. The maximum atomic E-state index is 5.89. The first-order chi connectivity index (χ1) is 9.83. The quantitative estimate of drug-likeness (QED) is 0.282. The first-order valence-corrected chi connectivity index (χ1v) is 7.97. The maximum Gasteiger partial charge on any atom is 0.341 e. The van der Waals surface area contributed by atoms with E-state index in [0.717, 1.165) is 19.5 Å². The Morgan fingerprint density at radius 1 is 1.05 bits per heavy atom. The lowest BCUT2D eigenvalue weighted by Crippen LogP contribution is -3.00. The van der Waals surface area contributed by atoms with Gasteiger partial charge in [0.15, 0.2) is 0 Å². The van der Waals surface area contributed by atoms with Crippen molar-refractivity contribution in [2.45, 2.75) is 51.9 Å². The summed E-state index contributed by atoms with van der Waals surface area (Å²) in [6.07, 6.45) is 8.88. The zero-order valence-corrected chi connectivity index (χ0v) is 14.0. The molecule has 0 unspecified atom stereocenters. The molecule has 0 aromatic heterocycles. The molecule has 1 aromatic rings. The Kier molecular flexibility index (Phi) is 13.0. The predicted molar refractivity (Wildman–Crippen MR) is 86.5 cm³/mol. The Bertz CT molecular complexity index is 366. The third kappa shape index (κ3) is 11.1. The highest BCUT2D eigenvalue weighted by atomic mass is 35.5. The van der Waals surface area contributed by atoms with Gasteiger partial charge in [-0.15, -0.1) is 0 Å². The van der Waals surface area contributed by atoms with Crippen LogP contribution in [-0.2, 0) is 6.42 Å². The number of unbranched alkanes of at least 4 members (excludes halogenated alkanes) is 5. The fourth-order valence-corrected chi connectivity index (χ4v) is 2.18. The fraction of sp³-hybridized carbons (Fsp3) is 0.588. The van der Waals surface area contributed by atoms with E-state index in [1.807, 2.05) is 6.07 Å². The van der Waals surface area contributed by atoms with Crippen LogP contribution in [0, 0.1) is 0 Å². The molecule has 0 saturated heterocycles. The molecule has 0 heterocycles. The molecule has 120 valence electrons. The van der Waals surface area contributed by atoms with E-state index in [4.69, 9.17) is 5.73 Å². The van der Waals surface area contributed by atoms with E-state index >= 15 is 0 Å². The molecule has 0 aliphatic carbocycles. The van der Waals surface area contributed by atoms with Gasteiger partial charge >= 0.3 is 5.96 Å². The van der Waals surface area contributed by atoms with Gasteiger partial charge < -0.3 is 12.4 Å². The summed E-state index contributed by atoms with van der Waals surface area (Å²) in [6, 6.07) is 10.5. The SMILES string of the molecule is CCCCCCCC[NH+]=C(N)NCCc1ccccc1.[Cl-]. The number of rotatable bonds is 10. The topological polar surface area (TPSA) is 52.0 Å². The lowest BCUT2D eigenvalue weighted by molar-refractivity contribution is -0.461. The molecule has 3 nitrogen and oxygen atoms in total. The zero-order chi connectivity index (χ0) is 14.5. The highest BCUT2D eigenvalue weighted by Gasteiger charge is 1.98. The molecule has 1 aromatic carbocycles. The lowest BCUT2D eigenvalue weighted by atomic mass is 10.1. The van der Waals surface area contributed by atoms with E-state index in [9.17, 15) is 0 Å². The van der Waals surface area contributed by atoms with E-state index in [1.54, 1.807) is 0 Å². The molecule has 0 radical (unpaired) electrons. The van der Waals surface area contributed by atoms with Crippen LogP contribution in [0.1, 0.15) is 51.0 Å². The van der Waals surface area contributed by atoms with Gasteiger partial charge in [-0.25, -0.2) is 0 Å². The van der Waals surface area contributed by atoms with Gasteiger partial charge in [0.05, 0.1) is 13.1 Å². The monoisotopic (exact) mass is 311 g/mol. The smallest absolute Gasteiger partial charge is 0.341 e. The number of hydrogen-bond donors (Lipinski definition) is 3. The number of guanidine groups is 1. The summed E-state index contributed by atoms with van der Waals surface area (Å²) < 4.78 is 0. The van der Waals surface area contributed by atoms with Crippen LogP contribution < -0.4 is 28.4 Å². The Hall–Kier alpha value is -1.22. The Labute approximate surface area is 135 Å². The summed E-state index contributed by atoms with van der Waals surface area (Å²) in [7, 11) is 0. The second-order valence-electron chi connectivity index (χ2n) is 5.27. The highest BCUT2D eigenvalue weighted by Crippen LogP contribution is 2.03. The fourth-order valence-electron chi connectivity index (χ4n) is 2.18. The largest absolute Gasteiger partial charge is 1.00 e. The molecule has 4 N–H and O–H groups in total. The first-order valence-electron chi connectivity index (χ1n) is 7.97. The van der Waals surface area contributed by atoms with E-state index in [2.05, 4.69) is 41.5 Å². The van der Waals surface area contributed by atoms with Gasteiger partial charge in [0, 0.05) is 6.42 Å². The molecule has 0 fully saturated rings. The molecule has 0 saturated carbocycles. The van der Waals surface area contributed by atoms with Crippen molar-refractivity contribution in [3.63, 3.8) is 0 Å². The average molecular weight is 312 g/mol. The van der Waals surface area contributed by atoms with Crippen molar-refractivity contribution in [1.29, 1.82) is 0 Å². The second kappa shape index (κ2) is 13.7. The molecular formula is C17H30ClN3. The molecule has 1 rings (SSSR count). The minimum Gasteiger partial charge on any atom is -1.00 e.